The van der Waals surface area contributed by atoms with Gasteiger partial charge in [-0.25, -0.2) is 8.42 Å². The molecule has 0 aliphatic heterocycles. The number of benzene rings is 1. The molecular weight excluding hydrogens is 284 g/mol. The molecule has 1 aromatic heterocycles. The topological polar surface area (TPSA) is 59.1 Å². The second-order valence-corrected chi connectivity index (χ2v) is 6.07. The largest absolute Gasteiger partial charge is 0.279 e. The smallest absolute Gasteiger partial charge is 0.263 e. The van der Waals surface area contributed by atoms with Gasteiger partial charge in [-0.05, 0) is 36.2 Å². The van der Waals surface area contributed by atoms with Crippen molar-refractivity contribution in [2.24, 2.45) is 0 Å². The molecule has 1 N–H and O–H groups in total. The molecule has 0 fully saturated rings. The molecular formula is C13H13ClN2O2S. The van der Waals surface area contributed by atoms with Crippen LogP contribution in [0.2, 0.25) is 5.02 Å². The fourth-order valence-electron chi connectivity index (χ4n) is 1.66. The monoisotopic (exact) mass is 296 g/mol. The summed E-state index contributed by atoms with van der Waals surface area (Å²) >= 11 is 5.90. The maximum Gasteiger partial charge on any atom is 0.263 e. The lowest BCUT2D eigenvalue weighted by molar-refractivity contribution is 0.600. The molecule has 100 valence electrons. The van der Waals surface area contributed by atoms with Gasteiger partial charge in [-0.15, -0.1) is 0 Å². The summed E-state index contributed by atoms with van der Waals surface area (Å²) in [5.41, 5.74) is 1.38. The summed E-state index contributed by atoms with van der Waals surface area (Å²) < 4.78 is 26.9. The SMILES string of the molecule is CCc1ccc(Cl)cc1NS(=O)(=O)c1cccnc1. The molecule has 1 heterocycles. The predicted octanol–water partition coefficient (Wildman–Crippen LogP) is 3.10. The average Bonchev–Trinajstić information content (AvgIpc) is 2.39. The van der Waals surface area contributed by atoms with Crippen LogP contribution in [0.25, 0.3) is 0 Å². The van der Waals surface area contributed by atoms with Crippen LogP contribution < -0.4 is 4.72 Å². The summed E-state index contributed by atoms with van der Waals surface area (Å²) in [7, 11) is -3.63. The van der Waals surface area contributed by atoms with Gasteiger partial charge in [-0.2, -0.15) is 0 Å². The van der Waals surface area contributed by atoms with E-state index in [2.05, 4.69) is 9.71 Å². The Morgan fingerprint density at radius 2 is 2.11 bits per heavy atom. The number of sulfonamides is 1. The number of pyridine rings is 1. The molecule has 0 amide bonds. The Morgan fingerprint density at radius 1 is 1.32 bits per heavy atom. The van der Waals surface area contributed by atoms with Crippen molar-refractivity contribution in [1.82, 2.24) is 4.98 Å². The summed E-state index contributed by atoms with van der Waals surface area (Å²) in [6.45, 7) is 1.95. The van der Waals surface area contributed by atoms with Crippen molar-refractivity contribution in [1.29, 1.82) is 0 Å². The molecule has 4 nitrogen and oxygen atoms in total. The maximum atomic E-state index is 12.2. The van der Waals surface area contributed by atoms with Crippen LogP contribution in [0.1, 0.15) is 12.5 Å². The number of nitrogens with one attached hydrogen (secondary N) is 1. The summed E-state index contributed by atoms with van der Waals surface area (Å²) in [5.74, 6) is 0. The van der Waals surface area contributed by atoms with Gasteiger partial charge in [0.2, 0.25) is 0 Å². The molecule has 0 radical (unpaired) electrons. The van der Waals surface area contributed by atoms with Crippen LogP contribution in [-0.2, 0) is 16.4 Å². The molecule has 0 spiro atoms. The first kappa shape index (κ1) is 13.8. The van der Waals surface area contributed by atoms with Crippen molar-refractivity contribution in [3.63, 3.8) is 0 Å². The molecule has 0 bridgehead atoms. The van der Waals surface area contributed by atoms with Crippen LogP contribution in [0.15, 0.2) is 47.6 Å². The molecule has 0 aliphatic rings. The van der Waals surface area contributed by atoms with Gasteiger partial charge in [0.05, 0.1) is 5.69 Å². The third-order valence-corrected chi connectivity index (χ3v) is 4.23. The third-order valence-electron chi connectivity index (χ3n) is 2.64. The zero-order valence-electron chi connectivity index (χ0n) is 10.3. The molecule has 0 aliphatic carbocycles. The highest BCUT2D eigenvalue weighted by molar-refractivity contribution is 7.92. The van der Waals surface area contributed by atoms with Gasteiger partial charge in [0.25, 0.3) is 10.0 Å². The van der Waals surface area contributed by atoms with Crippen LogP contribution in [0, 0.1) is 0 Å². The minimum absolute atomic E-state index is 0.122. The zero-order chi connectivity index (χ0) is 13.9. The average molecular weight is 297 g/mol. The molecule has 0 atom stereocenters. The van der Waals surface area contributed by atoms with E-state index >= 15 is 0 Å². The Balaban J connectivity index is 2.38. The van der Waals surface area contributed by atoms with Gasteiger partial charge >= 0.3 is 0 Å². The third kappa shape index (κ3) is 3.24. The van der Waals surface area contributed by atoms with Gasteiger partial charge in [0.15, 0.2) is 0 Å². The molecule has 6 heteroatoms. The number of anilines is 1. The summed E-state index contributed by atoms with van der Waals surface area (Å²) in [6.07, 6.45) is 3.54. The van der Waals surface area contributed by atoms with Crippen molar-refractivity contribution in [3.8, 4) is 0 Å². The van der Waals surface area contributed by atoms with E-state index < -0.39 is 10.0 Å². The van der Waals surface area contributed by atoms with E-state index in [0.717, 1.165) is 5.56 Å². The van der Waals surface area contributed by atoms with Gasteiger partial charge in [-0.3, -0.25) is 9.71 Å². The van der Waals surface area contributed by atoms with Crippen molar-refractivity contribution in [2.45, 2.75) is 18.2 Å². The van der Waals surface area contributed by atoms with Crippen LogP contribution in [-0.4, -0.2) is 13.4 Å². The predicted molar refractivity (Wildman–Crippen MR) is 75.9 cm³/mol. The normalized spacial score (nSPS) is 11.3. The van der Waals surface area contributed by atoms with E-state index in [-0.39, 0.29) is 4.90 Å². The van der Waals surface area contributed by atoms with Crippen molar-refractivity contribution < 1.29 is 8.42 Å². The van der Waals surface area contributed by atoms with Gasteiger partial charge in [0.1, 0.15) is 4.90 Å². The molecule has 0 saturated carbocycles. The molecule has 2 aromatic rings. The lowest BCUT2D eigenvalue weighted by atomic mass is 10.1. The standard InChI is InChI=1S/C13H13ClN2O2S/c1-2-10-5-6-11(14)8-13(10)16-19(17,18)12-4-3-7-15-9-12/h3-9,16H,2H2,1H3. The van der Waals surface area contributed by atoms with Crippen LogP contribution >= 0.6 is 11.6 Å². The highest BCUT2D eigenvalue weighted by atomic mass is 35.5. The van der Waals surface area contributed by atoms with Gasteiger partial charge < -0.3 is 0 Å². The van der Waals surface area contributed by atoms with E-state index in [0.29, 0.717) is 17.1 Å². The second kappa shape index (κ2) is 5.59. The van der Waals surface area contributed by atoms with Crippen molar-refractivity contribution >= 4 is 27.3 Å². The van der Waals surface area contributed by atoms with Crippen molar-refractivity contribution in [3.05, 3.63) is 53.3 Å². The highest BCUT2D eigenvalue weighted by Crippen LogP contribution is 2.24. The number of rotatable bonds is 4. The van der Waals surface area contributed by atoms with Crippen molar-refractivity contribution in [2.75, 3.05) is 4.72 Å². The Kier molecular flexibility index (Phi) is 4.07. The number of hydrogen-bond donors (Lipinski definition) is 1. The van der Waals surface area contributed by atoms with E-state index in [1.807, 2.05) is 13.0 Å². The quantitative estimate of drug-likeness (QED) is 0.943. The fourth-order valence-corrected chi connectivity index (χ4v) is 2.89. The molecule has 19 heavy (non-hydrogen) atoms. The summed E-state index contributed by atoms with van der Waals surface area (Å²) in [6, 6.07) is 8.22. The Bertz CT molecular complexity index is 672. The van der Waals surface area contributed by atoms with E-state index in [1.54, 1.807) is 18.2 Å². The molecule has 2 rings (SSSR count). The Hall–Kier alpha value is -1.59. The minimum Gasteiger partial charge on any atom is -0.279 e. The zero-order valence-corrected chi connectivity index (χ0v) is 11.9. The number of aryl methyl sites for hydroxylation is 1. The Morgan fingerprint density at radius 3 is 2.74 bits per heavy atom. The van der Waals surface area contributed by atoms with E-state index in [4.69, 9.17) is 11.6 Å². The summed E-state index contributed by atoms with van der Waals surface area (Å²) in [4.78, 5) is 3.93. The number of halogens is 1. The lowest BCUT2D eigenvalue weighted by Gasteiger charge is -2.11. The second-order valence-electron chi connectivity index (χ2n) is 3.95. The molecule has 0 saturated heterocycles. The highest BCUT2D eigenvalue weighted by Gasteiger charge is 2.15. The minimum atomic E-state index is -3.63. The van der Waals surface area contributed by atoms with Crippen LogP contribution in [0.3, 0.4) is 0 Å². The van der Waals surface area contributed by atoms with Gasteiger partial charge in [0, 0.05) is 17.4 Å². The lowest BCUT2D eigenvalue weighted by Crippen LogP contribution is -2.14. The number of hydrogen-bond acceptors (Lipinski definition) is 3. The van der Waals surface area contributed by atoms with E-state index in [9.17, 15) is 8.42 Å². The summed E-state index contributed by atoms with van der Waals surface area (Å²) in [5, 5.41) is 0.487. The molecule has 0 unspecified atom stereocenters. The van der Waals surface area contributed by atoms with E-state index in [1.165, 1.54) is 18.5 Å². The van der Waals surface area contributed by atoms with Crippen LogP contribution in [0.4, 0.5) is 5.69 Å². The Labute approximate surface area is 117 Å². The maximum absolute atomic E-state index is 12.2. The fraction of sp³-hybridized carbons (Fsp3) is 0.154. The van der Waals surface area contributed by atoms with Crippen LogP contribution in [0.5, 0.6) is 0 Å². The first-order valence-corrected chi connectivity index (χ1v) is 7.60. The number of aromatic nitrogens is 1. The number of nitrogens with zero attached hydrogens (tertiary/aromatic N) is 1. The first-order valence-electron chi connectivity index (χ1n) is 5.74. The van der Waals surface area contributed by atoms with Gasteiger partial charge in [-0.1, -0.05) is 24.6 Å². The molecule has 1 aromatic carbocycles. The first-order chi connectivity index (χ1) is 9.03.